The largest absolute Gasteiger partial charge is 0.344 e. The Morgan fingerprint density at radius 3 is 2.79 bits per heavy atom. The van der Waals surface area contributed by atoms with Crippen LogP contribution in [0.25, 0.3) is 17.2 Å². The number of amides is 1. The first-order chi connectivity index (χ1) is 14.0. The first-order valence-corrected chi connectivity index (χ1v) is 8.93. The van der Waals surface area contributed by atoms with Gasteiger partial charge in [-0.2, -0.15) is 4.98 Å². The molecular weight excluding hydrogens is 399 g/mol. The normalized spacial score (nSPS) is 10.9. The van der Waals surface area contributed by atoms with Crippen molar-refractivity contribution in [2.75, 3.05) is 0 Å². The average molecular weight is 413 g/mol. The average Bonchev–Trinajstić information content (AvgIpc) is 3.37. The summed E-state index contributed by atoms with van der Waals surface area (Å²) in [5, 5.41) is 14.6. The minimum absolute atomic E-state index is 0.0826. The van der Waals surface area contributed by atoms with E-state index >= 15 is 0 Å². The fraction of sp³-hybridized carbons (Fsp3) is 0.105. The Kier molecular flexibility index (Phi) is 5.05. The van der Waals surface area contributed by atoms with Gasteiger partial charge in [0.25, 0.3) is 0 Å². The Hall–Kier alpha value is -3.59. The molecule has 1 N–H and O–H groups in total. The molecule has 0 bridgehead atoms. The minimum Gasteiger partial charge on any atom is -0.344 e. The molecule has 2 aromatic heterocycles. The summed E-state index contributed by atoms with van der Waals surface area (Å²) < 4.78 is 19.7. The van der Waals surface area contributed by atoms with Crippen LogP contribution < -0.4 is 5.32 Å². The van der Waals surface area contributed by atoms with Crippen molar-refractivity contribution in [3.05, 3.63) is 76.5 Å². The number of hydrogen-bond acceptors (Lipinski definition) is 6. The molecule has 8 nitrogen and oxygen atoms in total. The summed E-state index contributed by atoms with van der Waals surface area (Å²) in [5.41, 5.74) is 2.87. The highest BCUT2D eigenvalue weighted by Crippen LogP contribution is 2.18. The molecule has 0 fully saturated rings. The van der Waals surface area contributed by atoms with E-state index in [1.807, 2.05) is 31.2 Å². The van der Waals surface area contributed by atoms with Gasteiger partial charge in [0.2, 0.25) is 5.82 Å². The molecule has 0 aliphatic heterocycles. The number of halogens is 2. The predicted molar refractivity (Wildman–Crippen MR) is 102 cm³/mol. The van der Waals surface area contributed by atoms with Crippen molar-refractivity contribution in [2.24, 2.45) is 0 Å². The lowest BCUT2D eigenvalue weighted by molar-refractivity contribution is 0.0907. The quantitative estimate of drug-likeness (QED) is 0.539. The molecule has 0 aliphatic rings. The standard InChI is InChI=1S/C19H14ClFN6O2/c1-11-2-6-14(7-3-11)27-10-16(24-26-27)17-23-19(29-25-17)18(28)22-9-12-4-5-13(21)8-15(12)20/h2-8,10H,9H2,1H3,(H,22,28). The van der Waals surface area contributed by atoms with Gasteiger partial charge in [0.1, 0.15) is 5.82 Å². The van der Waals surface area contributed by atoms with Crippen LogP contribution in [0, 0.1) is 12.7 Å². The van der Waals surface area contributed by atoms with E-state index < -0.39 is 11.7 Å². The summed E-state index contributed by atoms with van der Waals surface area (Å²) in [6.45, 7) is 2.08. The van der Waals surface area contributed by atoms with Crippen LogP contribution in [-0.2, 0) is 6.54 Å². The van der Waals surface area contributed by atoms with Crippen molar-refractivity contribution in [3.63, 3.8) is 0 Å². The monoisotopic (exact) mass is 412 g/mol. The maximum absolute atomic E-state index is 13.1. The molecule has 2 aromatic carbocycles. The van der Waals surface area contributed by atoms with Crippen molar-refractivity contribution in [1.29, 1.82) is 0 Å². The highest BCUT2D eigenvalue weighted by Gasteiger charge is 2.18. The van der Waals surface area contributed by atoms with Gasteiger partial charge in [-0.05, 0) is 36.8 Å². The number of nitrogens with one attached hydrogen (secondary N) is 1. The highest BCUT2D eigenvalue weighted by atomic mass is 35.5. The first-order valence-electron chi connectivity index (χ1n) is 8.55. The van der Waals surface area contributed by atoms with Crippen LogP contribution >= 0.6 is 11.6 Å². The van der Waals surface area contributed by atoms with Gasteiger partial charge in [0.05, 0.1) is 11.9 Å². The van der Waals surface area contributed by atoms with Crippen LogP contribution in [0.15, 0.2) is 53.2 Å². The van der Waals surface area contributed by atoms with Gasteiger partial charge in [0, 0.05) is 11.6 Å². The van der Waals surface area contributed by atoms with E-state index in [1.165, 1.54) is 18.2 Å². The molecule has 10 heteroatoms. The minimum atomic E-state index is -0.588. The predicted octanol–water partition coefficient (Wildman–Crippen LogP) is 3.35. The number of aryl methyl sites for hydroxylation is 1. The summed E-state index contributed by atoms with van der Waals surface area (Å²) >= 11 is 5.94. The molecule has 0 spiro atoms. The molecule has 2 heterocycles. The van der Waals surface area contributed by atoms with E-state index in [1.54, 1.807) is 10.9 Å². The lowest BCUT2D eigenvalue weighted by atomic mass is 10.2. The molecule has 0 radical (unpaired) electrons. The number of nitrogens with zero attached hydrogens (tertiary/aromatic N) is 5. The van der Waals surface area contributed by atoms with Crippen LogP contribution in [0.3, 0.4) is 0 Å². The third-order valence-corrected chi connectivity index (χ3v) is 4.45. The zero-order valence-corrected chi connectivity index (χ0v) is 15.9. The number of hydrogen-bond donors (Lipinski definition) is 1. The number of aromatic nitrogens is 5. The molecule has 0 saturated carbocycles. The first kappa shape index (κ1) is 18.8. The number of carbonyl (C=O) groups is 1. The zero-order chi connectivity index (χ0) is 20.4. The van der Waals surface area contributed by atoms with Crippen LogP contribution in [0.2, 0.25) is 5.02 Å². The number of rotatable bonds is 5. The summed E-state index contributed by atoms with van der Waals surface area (Å²) in [4.78, 5) is 16.3. The third-order valence-electron chi connectivity index (χ3n) is 4.10. The van der Waals surface area contributed by atoms with E-state index in [0.29, 0.717) is 11.3 Å². The second-order valence-electron chi connectivity index (χ2n) is 6.23. The molecule has 0 atom stereocenters. The van der Waals surface area contributed by atoms with Gasteiger partial charge in [0.15, 0.2) is 5.69 Å². The molecule has 146 valence electrons. The van der Waals surface area contributed by atoms with Crippen LogP contribution in [0.4, 0.5) is 4.39 Å². The topological polar surface area (TPSA) is 98.7 Å². The van der Waals surface area contributed by atoms with E-state index in [2.05, 4.69) is 25.8 Å². The molecule has 0 unspecified atom stereocenters. The van der Waals surface area contributed by atoms with Gasteiger partial charge in [-0.1, -0.05) is 45.7 Å². The number of benzene rings is 2. The lowest BCUT2D eigenvalue weighted by Gasteiger charge is -2.04. The number of carbonyl (C=O) groups excluding carboxylic acids is 1. The second kappa shape index (κ2) is 7.80. The molecule has 0 saturated heterocycles. The van der Waals surface area contributed by atoms with Crippen LogP contribution in [0.5, 0.6) is 0 Å². The van der Waals surface area contributed by atoms with Crippen molar-refractivity contribution in [2.45, 2.75) is 13.5 Å². The smallest absolute Gasteiger partial charge is 0.316 e. The van der Waals surface area contributed by atoms with Gasteiger partial charge in [-0.25, -0.2) is 9.07 Å². The third kappa shape index (κ3) is 4.14. The summed E-state index contributed by atoms with van der Waals surface area (Å²) in [5.74, 6) is -1.14. The molecule has 4 rings (SSSR count). The van der Waals surface area contributed by atoms with E-state index in [9.17, 15) is 9.18 Å². The Balaban J connectivity index is 1.45. The van der Waals surface area contributed by atoms with Crippen molar-refractivity contribution in [1.82, 2.24) is 30.5 Å². The van der Waals surface area contributed by atoms with Crippen molar-refractivity contribution in [3.8, 4) is 17.2 Å². The molecule has 29 heavy (non-hydrogen) atoms. The van der Waals surface area contributed by atoms with Gasteiger partial charge >= 0.3 is 11.8 Å². The van der Waals surface area contributed by atoms with Crippen molar-refractivity contribution >= 4 is 17.5 Å². The molecule has 4 aromatic rings. The zero-order valence-electron chi connectivity index (χ0n) is 15.1. The summed E-state index contributed by atoms with van der Waals surface area (Å²) in [7, 11) is 0. The molecular formula is C19H14ClFN6O2. The lowest BCUT2D eigenvalue weighted by Crippen LogP contribution is -2.23. The van der Waals surface area contributed by atoms with Crippen LogP contribution in [-0.4, -0.2) is 31.0 Å². The van der Waals surface area contributed by atoms with Crippen LogP contribution in [0.1, 0.15) is 21.8 Å². The summed E-state index contributed by atoms with van der Waals surface area (Å²) in [6.07, 6.45) is 1.63. The van der Waals surface area contributed by atoms with Gasteiger partial charge in [-0.3, -0.25) is 4.79 Å². The van der Waals surface area contributed by atoms with Gasteiger partial charge in [-0.15, -0.1) is 5.10 Å². The van der Waals surface area contributed by atoms with Gasteiger partial charge < -0.3 is 9.84 Å². The maximum atomic E-state index is 13.1. The Bertz CT molecular complexity index is 1170. The highest BCUT2D eigenvalue weighted by molar-refractivity contribution is 6.31. The fourth-order valence-electron chi connectivity index (χ4n) is 2.53. The fourth-order valence-corrected chi connectivity index (χ4v) is 2.76. The Morgan fingerprint density at radius 1 is 1.24 bits per heavy atom. The van der Waals surface area contributed by atoms with E-state index in [0.717, 1.165) is 11.3 Å². The molecule has 1 amide bonds. The van der Waals surface area contributed by atoms with Crippen molar-refractivity contribution < 1.29 is 13.7 Å². The SMILES string of the molecule is Cc1ccc(-n2cc(-c3noc(C(=O)NCc4ccc(F)cc4Cl)n3)nn2)cc1. The Labute approximate surface area is 169 Å². The van der Waals surface area contributed by atoms with E-state index in [4.69, 9.17) is 16.1 Å². The second-order valence-corrected chi connectivity index (χ2v) is 6.63. The van der Waals surface area contributed by atoms with E-state index in [-0.39, 0.29) is 23.3 Å². The Morgan fingerprint density at radius 2 is 2.03 bits per heavy atom. The molecule has 0 aliphatic carbocycles. The maximum Gasteiger partial charge on any atom is 0.316 e. The summed E-state index contributed by atoms with van der Waals surface area (Å²) in [6, 6.07) is 11.6.